The molecule has 0 spiro atoms. The summed E-state index contributed by atoms with van der Waals surface area (Å²) >= 11 is 1.91. The van der Waals surface area contributed by atoms with Gasteiger partial charge >= 0.3 is 0 Å². The van der Waals surface area contributed by atoms with E-state index in [-0.39, 0.29) is 6.10 Å². The monoisotopic (exact) mass is 200 g/mol. The Hall–Kier alpha value is -0.150. The summed E-state index contributed by atoms with van der Waals surface area (Å²) in [5.74, 6) is 1.67. The van der Waals surface area contributed by atoms with Crippen LogP contribution in [0, 0.1) is 5.92 Å². The Morgan fingerprint density at radius 3 is 2.85 bits per heavy atom. The molecule has 2 aliphatic heterocycles. The van der Waals surface area contributed by atoms with Crippen molar-refractivity contribution in [3.63, 3.8) is 0 Å². The van der Waals surface area contributed by atoms with Gasteiger partial charge in [0, 0.05) is 10.2 Å². The molecule has 0 N–H and O–H groups in total. The Balaban J connectivity index is 2.24. The van der Waals surface area contributed by atoms with Crippen LogP contribution in [0.15, 0.2) is 10.7 Å². The van der Waals surface area contributed by atoms with E-state index in [1.165, 1.54) is 4.91 Å². The molecule has 0 bridgehead atoms. The highest BCUT2D eigenvalue weighted by Crippen LogP contribution is 2.44. The molecule has 2 atom stereocenters. The van der Waals surface area contributed by atoms with E-state index in [0.29, 0.717) is 11.2 Å². The number of thioether (sulfide) groups is 1. The van der Waals surface area contributed by atoms with E-state index < -0.39 is 0 Å². The Bertz CT molecular complexity index is 235. The molecule has 2 unspecified atom stereocenters. The highest BCUT2D eigenvalue weighted by molar-refractivity contribution is 8.04. The van der Waals surface area contributed by atoms with E-state index >= 15 is 0 Å². The molecule has 0 saturated carbocycles. The zero-order chi connectivity index (χ0) is 9.42. The van der Waals surface area contributed by atoms with Crippen molar-refractivity contribution >= 4 is 11.8 Å². The molecule has 2 nitrogen and oxygen atoms in total. The summed E-state index contributed by atoms with van der Waals surface area (Å²) < 4.78 is 11.4. The third-order valence-corrected chi connectivity index (χ3v) is 3.95. The van der Waals surface area contributed by atoms with E-state index in [1.54, 1.807) is 0 Å². The average molecular weight is 200 g/mol. The van der Waals surface area contributed by atoms with Crippen LogP contribution in [0.3, 0.4) is 0 Å². The topological polar surface area (TPSA) is 18.5 Å². The van der Waals surface area contributed by atoms with Gasteiger partial charge < -0.3 is 9.47 Å². The normalized spacial score (nSPS) is 33.5. The summed E-state index contributed by atoms with van der Waals surface area (Å²) in [7, 11) is 0. The second-order valence-electron chi connectivity index (χ2n) is 3.85. The van der Waals surface area contributed by atoms with Gasteiger partial charge in [-0.25, -0.2) is 0 Å². The minimum Gasteiger partial charge on any atom is -0.492 e. The lowest BCUT2D eigenvalue weighted by Gasteiger charge is -2.25. The maximum atomic E-state index is 5.69. The SMILES string of the molecule is CC(C)C1=C2OCCOC2C(C)S1. The first-order valence-corrected chi connectivity index (χ1v) is 5.73. The Labute approximate surface area is 83.7 Å². The summed E-state index contributed by atoms with van der Waals surface area (Å²) in [4.78, 5) is 1.39. The van der Waals surface area contributed by atoms with E-state index in [0.717, 1.165) is 19.0 Å². The van der Waals surface area contributed by atoms with E-state index in [4.69, 9.17) is 9.47 Å². The van der Waals surface area contributed by atoms with Crippen molar-refractivity contribution in [2.45, 2.75) is 32.1 Å². The molecular weight excluding hydrogens is 184 g/mol. The van der Waals surface area contributed by atoms with Crippen LogP contribution in [0.4, 0.5) is 0 Å². The third-order valence-electron chi connectivity index (χ3n) is 2.40. The predicted molar refractivity (Wildman–Crippen MR) is 54.6 cm³/mol. The van der Waals surface area contributed by atoms with Gasteiger partial charge in [0.15, 0.2) is 0 Å². The number of ether oxygens (including phenoxy) is 2. The quantitative estimate of drug-likeness (QED) is 0.647. The van der Waals surface area contributed by atoms with Crippen LogP contribution in [0.1, 0.15) is 20.8 Å². The molecule has 13 heavy (non-hydrogen) atoms. The largest absolute Gasteiger partial charge is 0.492 e. The molecule has 0 aromatic carbocycles. The molecule has 1 fully saturated rings. The fraction of sp³-hybridized carbons (Fsp3) is 0.800. The smallest absolute Gasteiger partial charge is 0.136 e. The third kappa shape index (κ3) is 1.59. The van der Waals surface area contributed by atoms with Gasteiger partial charge in [0.1, 0.15) is 18.5 Å². The second kappa shape index (κ2) is 3.54. The second-order valence-corrected chi connectivity index (χ2v) is 5.27. The number of hydrogen-bond acceptors (Lipinski definition) is 3. The van der Waals surface area contributed by atoms with Crippen molar-refractivity contribution in [3.8, 4) is 0 Å². The Kier molecular flexibility index (Phi) is 2.56. The van der Waals surface area contributed by atoms with E-state index in [2.05, 4.69) is 20.8 Å². The van der Waals surface area contributed by atoms with Crippen LogP contribution in [-0.2, 0) is 9.47 Å². The number of hydrogen-bond donors (Lipinski definition) is 0. The predicted octanol–water partition coefficient (Wildman–Crippen LogP) is 2.40. The highest BCUT2D eigenvalue weighted by atomic mass is 32.2. The van der Waals surface area contributed by atoms with Crippen molar-refractivity contribution in [2.24, 2.45) is 5.92 Å². The van der Waals surface area contributed by atoms with Crippen molar-refractivity contribution in [2.75, 3.05) is 13.2 Å². The van der Waals surface area contributed by atoms with Gasteiger partial charge in [0.25, 0.3) is 0 Å². The minimum absolute atomic E-state index is 0.219. The molecule has 0 aromatic heterocycles. The fourth-order valence-electron chi connectivity index (χ4n) is 1.79. The lowest BCUT2D eigenvalue weighted by molar-refractivity contribution is -0.0394. The van der Waals surface area contributed by atoms with Gasteiger partial charge in [0.2, 0.25) is 0 Å². The molecule has 2 aliphatic rings. The number of rotatable bonds is 1. The zero-order valence-electron chi connectivity index (χ0n) is 8.37. The van der Waals surface area contributed by atoms with Crippen molar-refractivity contribution in [3.05, 3.63) is 10.7 Å². The lowest BCUT2D eigenvalue weighted by atomic mass is 10.1. The highest BCUT2D eigenvalue weighted by Gasteiger charge is 2.38. The molecule has 74 valence electrons. The maximum Gasteiger partial charge on any atom is 0.136 e. The summed E-state index contributed by atoms with van der Waals surface area (Å²) in [5, 5.41) is 0.521. The van der Waals surface area contributed by atoms with Crippen LogP contribution in [0.25, 0.3) is 0 Å². The van der Waals surface area contributed by atoms with Gasteiger partial charge in [-0.1, -0.05) is 13.8 Å². The maximum absolute atomic E-state index is 5.69. The van der Waals surface area contributed by atoms with Crippen LogP contribution >= 0.6 is 11.8 Å². The molecule has 0 radical (unpaired) electrons. The van der Waals surface area contributed by atoms with Gasteiger partial charge in [-0.3, -0.25) is 0 Å². The van der Waals surface area contributed by atoms with Crippen LogP contribution < -0.4 is 0 Å². The lowest BCUT2D eigenvalue weighted by Crippen LogP contribution is -2.30. The van der Waals surface area contributed by atoms with Crippen molar-refractivity contribution < 1.29 is 9.47 Å². The molecule has 3 heteroatoms. The van der Waals surface area contributed by atoms with E-state index in [1.807, 2.05) is 11.8 Å². The van der Waals surface area contributed by atoms with Crippen LogP contribution in [-0.4, -0.2) is 24.6 Å². The van der Waals surface area contributed by atoms with E-state index in [9.17, 15) is 0 Å². The van der Waals surface area contributed by atoms with Gasteiger partial charge in [-0.2, -0.15) is 0 Å². The summed E-state index contributed by atoms with van der Waals surface area (Å²) in [5.41, 5.74) is 0. The first kappa shape index (κ1) is 9.41. The average Bonchev–Trinajstić information content (AvgIpc) is 2.45. The molecule has 0 aromatic rings. The molecule has 0 amide bonds. The molecular formula is C10H16O2S. The molecule has 0 aliphatic carbocycles. The van der Waals surface area contributed by atoms with Gasteiger partial charge in [-0.05, 0) is 12.8 Å². The summed E-state index contributed by atoms with van der Waals surface area (Å²) in [6, 6.07) is 0. The first-order chi connectivity index (χ1) is 6.20. The molecule has 1 saturated heterocycles. The van der Waals surface area contributed by atoms with Crippen molar-refractivity contribution in [1.29, 1.82) is 0 Å². The van der Waals surface area contributed by atoms with Crippen LogP contribution in [0.5, 0.6) is 0 Å². The minimum atomic E-state index is 0.219. The van der Waals surface area contributed by atoms with Crippen LogP contribution in [0.2, 0.25) is 0 Å². The zero-order valence-corrected chi connectivity index (χ0v) is 9.19. The van der Waals surface area contributed by atoms with Gasteiger partial charge in [-0.15, -0.1) is 11.8 Å². The first-order valence-electron chi connectivity index (χ1n) is 4.85. The Morgan fingerprint density at radius 2 is 2.15 bits per heavy atom. The molecule has 2 heterocycles. The summed E-state index contributed by atoms with van der Waals surface area (Å²) in [6.07, 6.45) is 0.219. The van der Waals surface area contributed by atoms with Gasteiger partial charge in [0.05, 0.1) is 6.61 Å². The summed E-state index contributed by atoms with van der Waals surface area (Å²) in [6.45, 7) is 8.09. The van der Waals surface area contributed by atoms with Crippen molar-refractivity contribution in [1.82, 2.24) is 0 Å². The Morgan fingerprint density at radius 1 is 1.38 bits per heavy atom. The fourth-order valence-corrected chi connectivity index (χ4v) is 3.07. The standard InChI is InChI=1S/C10H16O2S/c1-6(2)10-9-8(7(3)13-10)11-4-5-12-9/h6-8H,4-5H2,1-3H3. The number of fused-ring (bicyclic) bond motifs is 1. The number of allylic oxidation sites excluding steroid dienone is 1. The molecule has 2 rings (SSSR count).